The third-order valence-electron chi connectivity index (χ3n) is 3.60. The van der Waals surface area contributed by atoms with Crippen molar-refractivity contribution < 1.29 is 0 Å². The maximum atomic E-state index is 5.88. The lowest BCUT2D eigenvalue weighted by Crippen LogP contribution is -2.21. The van der Waals surface area contributed by atoms with Crippen LogP contribution in [-0.2, 0) is 13.0 Å². The third-order valence-corrected chi connectivity index (χ3v) is 6.42. The lowest BCUT2D eigenvalue weighted by Gasteiger charge is -2.22. The Hall–Kier alpha value is -0.810. The molecule has 0 aliphatic carbocycles. The Morgan fingerprint density at radius 1 is 1.40 bits per heavy atom. The van der Waals surface area contributed by atoms with Crippen LogP contribution < -0.4 is 5.73 Å². The summed E-state index contributed by atoms with van der Waals surface area (Å²) in [6.07, 6.45) is 2.17. The Bertz CT molecular complexity index is 588. The highest BCUT2D eigenvalue weighted by Crippen LogP contribution is 2.28. The van der Waals surface area contributed by atoms with Gasteiger partial charge >= 0.3 is 0 Å². The number of anilines is 1. The fraction of sp³-hybridized carbons (Fsp3) is 0.533. The van der Waals surface area contributed by atoms with Crippen LogP contribution in [0, 0.1) is 0 Å². The van der Waals surface area contributed by atoms with Gasteiger partial charge in [-0.1, -0.05) is 6.92 Å². The van der Waals surface area contributed by atoms with Gasteiger partial charge in [0.1, 0.15) is 5.82 Å². The zero-order chi connectivity index (χ0) is 13.9. The SMILES string of the molecule is CCCc1nc2cc(N)ccc2n1CC1CSCCS1. The predicted molar refractivity (Wildman–Crippen MR) is 91.7 cm³/mol. The molecule has 1 aliphatic heterocycles. The van der Waals surface area contributed by atoms with Crippen LogP contribution in [0.4, 0.5) is 5.69 Å². The van der Waals surface area contributed by atoms with Crippen LogP contribution in [0.15, 0.2) is 18.2 Å². The first-order valence-corrected chi connectivity index (χ1v) is 9.42. The number of thioether (sulfide) groups is 2. The monoisotopic (exact) mass is 307 g/mol. The molecule has 0 spiro atoms. The van der Waals surface area contributed by atoms with Crippen molar-refractivity contribution in [2.45, 2.75) is 31.6 Å². The van der Waals surface area contributed by atoms with E-state index in [1.807, 2.05) is 12.1 Å². The minimum atomic E-state index is 0.708. The summed E-state index contributed by atoms with van der Waals surface area (Å²) < 4.78 is 2.42. The number of aromatic nitrogens is 2. The van der Waals surface area contributed by atoms with Gasteiger partial charge in [-0.15, -0.1) is 0 Å². The number of hydrogen-bond acceptors (Lipinski definition) is 4. The molecule has 5 heteroatoms. The van der Waals surface area contributed by atoms with Gasteiger partial charge in [0.05, 0.1) is 11.0 Å². The number of hydrogen-bond donors (Lipinski definition) is 1. The molecule has 1 aliphatic rings. The van der Waals surface area contributed by atoms with Crippen molar-refractivity contribution in [2.75, 3.05) is 23.0 Å². The third kappa shape index (κ3) is 2.93. The van der Waals surface area contributed by atoms with Crippen LogP contribution in [-0.4, -0.2) is 32.1 Å². The second-order valence-electron chi connectivity index (χ2n) is 5.20. The maximum absolute atomic E-state index is 5.88. The molecule has 0 radical (unpaired) electrons. The van der Waals surface area contributed by atoms with Crippen molar-refractivity contribution in [3.8, 4) is 0 Å². The Kier molecular flexibility index (Phi) is 4.46. The van der Waals surface area contributed by atoms with E-state index in [0.717, 1.165) is 30.6 Å². The summed E-state index contributed by atoms with van der Waals surface area (Å²) in [6, 6.07) is 6.10. The molecule has 1 fully saturated rings. The number of imidazole rings is 1. The quantitative estimate of drug-likeness (QED) is 0.879. The summed E-state index contributed by atoms with van der Waals surface area (Å²) in [5, 5.41) is 0.708. The number of rotatable bonds is 4. The molecule has 108 valence electrons. The lowest BCUT2D eigenvalue weighted by atomic mass is 10.2. The van der Waals surface area contributed by atoms with Crippen LogP contribution in [0.2, 0.25) is 0 Å². The lowest BCUT2D eigenvalue weighted by molar-refractivity contribution is 0.658. The van der Waals surface area contributed by atoms with E-state index in [-0.39, 0.29) is 0 Å². The van der Waals surface area contributed by atoms with Crippen molar-refractivity contribution >= 4 is 40.2 Å². The highest BCUT2D eigenvalue weighted by Gasteiger charge is 2.18. The molecular formula is C15H21N3S2. The standard InChI is InChI=1S/C15H21N3S2/c1-2-3-15-17-13-8-11(16)4-5-14(13)18(15)9-12-10-19-6-7-20-12/h4-5,8,12H,2-3,6-7,9-10,16H2,1H3. The molecule has 3 nitrogen and oxygen atoms in total. The van der Waals surface area contributed by atoms with E-state index in [0.29, 0.717) is 5.25 Å². The molecule has 1 saturated heterocycles. The van der Waals surface area contributed by atoms with Gasteiger partial charge in [-0.25, -0.2) is 4.98 Å². The normalized spacial score (nSPS) is 19.6. The highest BCUT2D eigenvalue weighted by atomic mass is 32.2. The Morgan fingerprint density at radius 2 is 2.30 bits per heavy atom. The first-order valence-electron chi connectivity index (χ1n) is 7.22. The van der Waals surface area contributed by atoms with Gasteiger partial charge in [-0.3, -0.25) is 0 Å². The molecule has 1 aromatic heterocycles. The summed E-state index contributed by atoms with van der Waals surface area (Å²) in [6.45, 7) is 3.29. The average molecular weight is 307 g/mol. The fourth-order valence-electron chi connectivity index (χ4n) is 2.66. The molecule has 1 aromatic carbocycles. The van der Waals surface area contributed by atoms with E-state index in [9.17, 15) is 0 Å². The molecule has 1 unspecified atom stereocenters. The number of aryl methyl sites for hydroxylation is 1. The zero-order valence-corrected chi connectivity index (χ0v) is 13.5. The van der Waals surface area contributed by atoms with Gasteiger partial charge in [0.25, 0.3) is 0 Å². The fourth-order valence-corrected chi connectivity index (χ4v) is 5.31. The van der Waals surface area contributed by atoms with Crippen LogP contribution in [0.25, 0.3) is 11.0 Å². The van der Waals surface area contributed by atoms with E-state index >= 15 is 0 Å². The van der Waals surface area contributed by atoms with Crippen molar-refractivity contribution in [2.24, 2.45) is 0 Å². The van der Waals surface area contributed by atoms with Gasteiger partial charge < -0.3 is 10.3 Å². The van der Waals surface area contributed by atoms with Gasteiger partial charge in [0, 0.05) is 41.2 Å². The van der Waals surface area contributed by atoms with Crippen molar-refractivity contribution in [3.63, 3.8) is 0 Å². The van der Waals surface area contributed by atoms with Crippen LogP contribution in [0.1, 0.15) is 19.2 Å². The number of nitrogen functional groups attached to an aromatic ring is 1. The summed E-state index contributed by atoms with van der Waals surface area (Å²) in [4.78, 5) is 4.80. The molecule has 2 heterocycles. The van der Waals surface area contributed by atoms with Crippen molar-refractivity contribution in [1.29, 1.82) is 0 Å². The molecule has 20 heavy (non-hydrogen) atoms. The predicted octanol–water partition coefficient (Wildman–Crippen LogP) is 3.42. The van der Waals surface area contributed by atoms with E-state index in [4.69, 9.17) is 10.7 Å². The minimum absolute atomic E-state index is 0.708. The van der Waals surface area contributed by atoms with Crippen LogP contribution >= 0.6 is 23.5 Å². The Labute approximate surface area is 128 Å². The maximum Gasteiger partial charge on any atom is 0.109 e. The number of fused-ring (bicyclic) bond motifs is 1. The number of benzene rings is 1. The summed E-state index contributed by atoms with van der Waals surface area (Å²) >= 11 is 4.18. The zero-order valence-electron chi connectivity index (χ0n) is 11.8. The van der Waals surface area contributed by atoms with Gasteiger partial charge in [-0.2, -0.15) is 23.5 Å². The second-order valence-corrected chi connectivity index (χ2v) is 7.76. The molecule has 3 rings (SSSR count). The smallest absolute Gasteiger partial charge is 0.109 e. The molecule has 0 saturated carbocycles. The van der Waals surface area contributed by atoms with E-state index < -0.39 is 0 Å². The highest BCUT2D eigenvalue weighted by molar-refractivity contribution is 8.06. The first kappa shape index (κ1) is 14.1. The summed E-state index contributed by atoms with van der Waals surface area (Å²) in [5.74, 6) is 5.04. The van der Waals surface area contributed by atoms with Gasteiger partial charge in [0.15, 0.2) is 0 Å². The minimum Gasteiger partial charge on any atom is -0.399 e. The summed E-state index contributed by atoms with van der Waals surface area (Å²) in [5.41, 5.74) is 8.96. The van der Waals surface area contributed by atoms with E-state index in [1.54, 1.807) is 0 Å². The number of nitrogens with zero attached hydrogens (tertiary/aromatic N) is 2. The molecular weight excluding hydrogens is 286 g/mol. The molecule has 0 amide bonds. The first-order chi connectivity index (χ1) is 9.78. The molecule has 0 bridgehead atoms. The average Bonchev–Trinajstić information content (AvgIpc) is 2.77. The van der Waals surface area contributed by atoms with Crippen LogP contribution in [0.5, 0.6) is 0 Å². The van der Waals surface area contributed by atoms with Crippen molar-refractivity contribution in [1.82, 2.24) is 9.55 Å². The van der Waals surface area contributed by atoms with Gasteiger partial charge in [-0.05, 0) is 24.6 Å². The van der Waals surface area contributed by atoms with E-state index in [1.165, 1.54) is 28.6 Å². The largest absolute Gasteiger partial charge is 0.399 e. The number of nitrogens with two attached hydrogens (primary N) is 1. The Morgan fingerprint density at radius 3 is 3.05 bits per heavy atom. The van der Waals surface area contributed by atoms with Crippen molar-refractivity contribution in [3.05, 3.63) is 24.0 Å². The second kappa shape index (κ2) is 6.31. The molecule has 2 N–H and O–H groups in total. The molecule has 2 aromatic rings. The Balaban J connectivity index is 1.95. The van der Waals surface area contributed by atoms with Gasteiger partial charge in [0.2, 0.25) is 0 Å². The topological polar surface area (TPSA) is 43.8 Å². The van der Waals surface area contributed by atoms with E-state index in [2.05, 4.69) is 41.1 Å². The van der Waals surface area contributed by atoms with Crippen LogP contribution in [0.3, 0.4) is 0 Å². The summed E-state index contributed by atoms with van der Waals surface area (Å²) in [7, 11) is 0. The molecule has 1 atom stereocenters.